The largest absolute Gasteiger partial charge is 0.493 e. The third-order valence-electron chi connectivity index (χ3n) is 6.99. The average molecular weight is 635 g/mol. The highest BCUT2D eigenvalue weighted by Crippen LogP contribution is 2.40. The zero-order valence-electron chi connectivity index (χ0n) is 23.6. The number of hydrogen-bond donors (Lipinski definition) is 2. The molecule has 3 aromatic carbocycles. The van der Waals surface area contributed by atoms with Crippen molar-refractivity contribution in [3.8, 4) is 11.5 Å². The number of fused-ring (bicyclic) bond motifs is 1. The van der Waals surface area contributed by atoms with E-state index in [1.165, 1.54) is 0 Å². The third kappa shape index (κ3) is 6.13. The molecule has 1 unspecified atom stereocenters. The summed E-state index contributed by atoms with van der Waals surface area (Å²) in [6.45, 7) is 8.37. The number of anilines is 2. The zero-order valence-corrected chi connectivity index (χ0v) is 26.0. The molecule has 41 heavy (non-hydrogen) atoms. The van der Waals surface area contributed by atoms with Gasteiger partial charge in [-0.25, -0.2) is 4.68 Å². The SMILES string of the molecule is CCSc1nc2n(n1)C(c1ccc(OCc3cccc(Br)c3)c(OC)c1)C(C(=O)Nc1cccc(C)c1C)=C(C)N2. The molecule has 4 aromatic rings. The van der Waals surface area contributed by atoms with Crippen molar-refractivity contribution in [2.75, 3.05) is 23.5 Å². The van der Waals surface area contributed by atoms with E-state index in [0.29, 0.717) is 40.5 Å². The van der Waals surface area contributed by atoms with Gasteiger partial charge >= 0.3 is 0 Å². The first-order chi connectivity index (χ1) is 19.8. The lowest BCUT2D eigenvalue weighted by molar-refractivity contribution is -0.113. The number of nitrogens with one attached hydrogen (secondary N) is 2. The first-order valence-electron chi connectivity index (χ1n) is 13.3. The molecule has 1 aliphatic rings. The van der Waals surface area contributed by atoms with Crippen LogP contribution in [0.3, 0.4) is 0 Å². The maximum Gasteiger partial charge on any atom is 0.255 e. The van der Waals surface area contributed by atoms with Gasteiger partial charge in [-0.05, 0) is 79.1 Å². The number of aromatic nitrogens is 3. The number of thioether (sulfide) groups is 1. The van der Waals surface area contributed by atoms with Crippen LogP contribution < -0.4 is 20.1 Å². The maximum absolute atomic E-state index is 13.9. The lowest BCUT2D eigenvalue weighted by atomic mass is 9.94. The quantitative estimate of drug-likeness (QED) is 0.187. The Morgan fingerprint density at radius 2 is 1.90 bits per heavy atom. The van der Waals surface area contributed by atoms with Crippen molar-refractivity contribution < 1.29 is 14.3 Å². The number of carbonyl (C=O) groups is 1. The van der Waals surface area contributed by atoms with Gasteiger partial charge in [0.1, 0.15) is 12.6 Å². The number of halogens is 1. The van der Waals surface area contributed by atoms with Crippen LogP contribution in [-0.4, -0.2) is 33.5 Å². The van der Waals surface area contributed by atoms with E-state index in [-0.39, 0.29) is 5.91 Å². The highest BCUT2D eigenvalue weighted by atomic mass is 79.9. The van der Waals surface area contributed by atoms with Gasteiger partial charge in [0.25, 0.3) is 5.91 Å². The molecule has 2 N–H and O–H groups in total. The van der Waals surface area contributed by atoms with Crippen LogP contribution >= 0.6 is 27.7 Å². The number of amides is 1. The standard InChI is InChI=1S/C31H32BrN5O3S/c1-6-41-31-35-30-33-20(4)27(29(38)34-24-12-7-9-18(2)19(24)3)28(37(30)36-31)22-13-14-25(26(16-22)39-5)40-17-21-10-8-11-23(32)15-21/h7-16,28H,6,17H2,1-5H3,(H,34,38)(H,33,35,36). The van der Waals surface area contributed by atoms with Crippen LogP contribution in [0.25, 0.3) is 0 Å². The van der Waals surface area contributed by atoms with Crippen molar-refractivity contribution in [3.05, 3.63) is 98.7 Å². The van der Waals surface area contributed by atoms with Crippen molar-refractivity contribution in [1.29, 1.82) is 0 Å². The first-order valence-corrected chi connectivity index (χ1v) is 15.1. The van der Waals surface area contributed by atoms with Crippen molar-refractivity contribution >= 4 is 45.2 Å². The lowest BCUT2D eigenvalue weighted by Gasteiger charge is -2.29. The molecule has 0 saturated heterocycles. The first kappa shape index (κ1) is 28.8. The van der Waals surface area contributed by atoms with Crippen LogP contribution in [0, 0.1) is 13.8 Å². The Kier molecular flexibility index (Phi) is 8.70. The van der Waals surface area contributed by atoms with E-state index >= 15 is 0 Å². The number of hydrogen-bond acceptors (Lipinski definition) is 7. The van der Waals surface area contributed by atoms with Gasteiger partial charge in [0.05, 0.1) is 12.7 Å². The molecule has 0 fully saturated rings. The van der Waals surface area contributed by atoms with E-state index < -0.39 is 6.04 Å². The van der Waals surface area contributed by atoms with Gasteiger partial charge < -0.3 is 20.1 Å². The van der Waals surface area contributed by atoms with Crippen molar-refractivity contribution in [3.63, 3.8) is 0 Å². The third-order valence-corrected chi connectivity index (χ3v) is 8.20. The molecule has 0 spiro atoms. The van der Waals surface area contributed by atoms with E-state index in [1.807, 2.05) is 81.4 Å². The van der Waals surface area contributed by atoms with E-state index in [9.17, 15) is 4.79 Å². The average Bonchev–Trinajstić information content (AvgIpc) is 3.35. The molecular formula is C31H32BrN5O3S. The van der Waals surface area contributed by atoms with Crippen LogP contribution in [0.5, 0.6) is 11.5 Å². The van der Waals surface area contributed by atoms with Crippen LogP contribution in [0.2, 0.25) is 0 Å². The Hall–Kier alpha value is -3.76. The number of benzene rings is 3. The molecule has 8 nitrogen and oxygen atoms in total. The van der Waals surface area contributed by atoms with Gasteiger partial charge in [-0.3, -0.25) is 4.79 Å². The molecule has 1 aromatic heterocycles. The fourth-order valence-corrected chi connectivity index (χ4v) is 5.76. The Labute approximate surface area is 252 Å². The number of allylic oxidation sites excluding steroid dienone is 1. The Morgan fingerprint density at radius 3 is 2.66 bits per heavy atom. The number of methoxy groups -OCH3 is 1. The second kappa shape index (κ2) is 12.4. The van der Waals surface area contributed by atoms with E-state index in [0.717, 1.165) is 38.2 Å². The summed E-state index contributed by atoms with van der Waals surface area (Å²) >= 11 is 5.06. The molecule has 0 radical (unpaired) electrons. The Bertz CT molecular complexity index is 1630. The second-order valence-electron chi connectivity index (χ2n) is 9.69. The van der Waals surface area contributed by atoms with Gasteiger partial charge in [-0.15, -0.1) is 5.10 Å². The lowest BCUT2D eigenvalue weighted by Crippen LogP contribution is -2.31. The topological polar surface area (TPSA) is 90.3 Å². The van der Waals surface area contributed by atoms with Gasteiger partial charge in [0.15, 0.2) is 11.5 Å². The minimum Gasteiger partial charge on any atom is -0.493 e. The highest BCUT2D eigenvalue weighted by molar-refractivity contribution is 9.10. The summed E-state index contributed by atoms with van der Waals surface area (Å²) in [4.78, 5) is 18.6. The zero-order chi connectivity index (χ0) is 29.1. The molecule has 1 atom stereocenters. The summed E-state index contributed by atoms with van der Waals surface area (Å²) in [5, 5.41) is 11.9. The van der Waals surface area contributed by atoms with Crippen LogP contribution in [0.1, 0.15) is 42.1 Å². The Morgan fingerprint density at radius 1 is 1.10 bits per heavy atom. The van der Waals surface area contributed by atoms with Crippen molar-refractivity contribution in [1.82, 2.24) is 14.8 Å². The van der Waals surface area contributed by atoms with Crippen LogP contribution in [0.4, 0.5) is 11.6 Å². The molecule has 1 aliphatic heterocycles. The smallest absolute Gasteiger partial charge is 0.255 e. The number of nitrogens with zero attached hydrogens (tertiary/aromatic N) is 3. The molecule has 2 heterocycles. The number of rotatable bonds is 9. The second-order valence-corrected chi connectivity index (χ2v) is 11.8. The van der Waals surface area contributed by atoms with Crippen molar-refractivity contribution in [2.24, 2.45) is 0 Å². The summed E-state index contributed by atoms with van der Waals surface area (Å²) in [7, 11) is 1.61. The predicted molar refractivity (Wildman–Crippen MR) is 167 cm³/mol. The van der Waals surface area contributed by atoms with E-state index in [4.69, 9.17) is 14.6 Å². The normalized spacial score (nSPS) is 14.3. The summed E-state index contributed by atoms with van der Waals surface area (Å²) in [6, 6.07) is 19.1. The van der Waals surface area contributed by atoms with Gasteiger partial charge in [-0.2, -0.15) is 4.98 Å². The molecule has 0 bridgehead atoms. The predicted octanol–water partition coefficient (Wildman–Crippen LogP) is 7.28. The summed E-state index contributed by atoms with van der Waals surface area (Å²) in [6.07, 6.45) is 0. The van der Waals surface area contributed by atoms with Crippen LogP contribution in [0.15, 0.2) is 81.6 Å². The molecule has 212 valence electrons. The van der Waals surface area contributed by atoms with Crippen LogP contribution in [-0.2, 0) is 11.4 Å². The number of ether oxygens (including phenoxy) is 2. The molecule has 10 heteroatoms. The van der Waals surface area contributed by atoms with E-state index in [1.54, 1.807) is 23.6 Å². The Balaban J connectivity index is 1.53. The minimum atomic E-state index is -0.539. The fraction of sp³-hybridized carbons (Fsp3) is 0.258. The maximum atomic E-state index is 13.9. The number of carbonyl (C=O) groups excluding carboxylic acids is 1. The summed E-state index contributed by atoms with van der Waals surface area (Å²) in [5.74, 6) is 2.37. The van der Waals surface area contributed by atoms with Gasteiger partial charge in [0.2, 0.25) is 11.1 Å². The fourth-order valence-electron chi connectivity index (χ4n) is 4.76. The molecule has 1 amide bonds. The monoisotopic (exact) mass is 633 g/mol. The summed E-state index contributed by atoms with van der Waals surface area (Å²) < 4.78 is 14.6. The minimum absolute atomic E-state index is 0.214. The molecule has 5 rings (SSSR count). The van der Waals surface area contributed by atoms with Gasteiger partial charge in [0, 0.05) is 15.9 Å². The summed E-state index contributed by atoms with van der Waals surface area (Å²) in [5.41, 5.74) is 6.00. The number of aryl methyl sites for hydroxylation is 1. The van der Waals surface area contributed by atoms with Crippen molar-refractivity contribution in [2.45, 2.75) is 45.5 Å². The molecule has 0 saturated carbocycles. The molecule has 0 aliphatic carbocycles. The van der Waals surface area contributed by atoms with Gasteiger partial charge in [-0.1, -0.05) is 64.9 Å². The van der Waals surface area contributed by atoms with E-state index in [2.05, 4.69) is 38.5 Å². The molecular weight excluding hydrogens is 602 g/mol. The highest BCUT2D eigenvalue weighted by Gasteiger charge is 2.35.